The maximum atomic E-state index is 13.1. The third-order valence-corrected chi connectivity index (χ3v) is 8.92. The zero-order valence-corrected chi connectivity index (χ0v) is 22.0. The van der Waals surface area contributed by atoms with Gasteiger partial charge in [-0.25, -0.2) is 9.10 Å². The van der Waals surface area contributed by atoms with Crippen molar-refractivity contribution in [1.82, 2.24) is 9.21 Å². The Hall–Kier alpha value is -3.16. The number of nitrogens with zero attached hydrogens (tertiary/aromatic N) is 3. The molecule has 2 heterocycles. The summed E-state index contributed by atoms with van der Waals surface area (Å²) in [6, 6.07) is 25.2. The molecule has 2 bridgehead atoms. The number of likely N-dealkylation sites (tertiary alicyclic amines) is 1. The monoisotopic (exact) mass is 515 g/mol. The number of hydrogen-bond acceptors (Lipinski definition) is 6. The standard InChI is InChI=1S/C30H33N3O3S/c1-35-25-8-10-26(11-9-25)37-32-17-15-31(16-18-32)24-7-12-27-23-13-14-33(29(19-23)28(27)20-24)30(34)36-21-22-5-3-2-4-6-22/h2-12,20,23,29H,13-19,21H2,1H3. The Kier molecular flexibility index (Phi) is 6.98. The molecule has 7 heteroatoms. The van der Waals surface area contributed by atoms with Crippen molar-refractivity contribution in [3.63, 3.8) is 0 Å². The third-order valence-electron chi connectivity index (χ3n) is 7.81. The summed E-state index contributed by atoms with van der Waals surface area (Å²) >= 11 is 1.81. The van der Waals surface area contributed by atoms with Crippen LogP contribution < -0.4 is 9.64 Å². The molecule has 3 aromatic rings. The molecule has 2 saturated heterocycles. The molecule has 1 amide bonds. The molecular weight excluding hydrogens is 482 g/mol. The molecular formula is C30H33N3O3S. The molecule has 0 spiro atoms. The second-order valence-electron chi connectivity index (χ2n) is 9.97. The molecule has 3 aromatic carbocycles. The maximum Gasteiger partial charge on any atom is 0.410 e. The number of anilines is 1. The summed E-state index contributed by atoms with van der Waals surface area (Å²) in [5.74, 6) is 1.43. The van der Waals surface area contributed by atoms with Crippen molar-refractivity contribution in [3.8, 4) is 5.75 Å². The fourth-order valence-electron chi connectivity index (χ4n) is 5.81. The van der Waals surface area contributed by atoms with Crippen molar-refractivity contribution in [2.24, 2.45) is 0 Å². The SMILES string of the molecule is COc1ccc(SN2CCN(c3ccc4c(c3)C3CC4CCN3C(=O)OCc3ccccc3)CC2)cc1. The van der Waals surface area contributed by atoms with Gasteiger partial charge in [0.1, 0.15) is 12.4 Å². The van der Waals surface area contributed by atoms with Crippen molar-refractivity contribution in [2.45, 2.75) is 36.3 Å². The molecule has 0 N–H and O–H groups in total. The molecule has 0 radical (unpaired) electrons. The van der Waals surface area contributed by atoms with Gasteiger partial charge in [-0.05, 0) is 83.8 Å². The minimum atomic E-state index is -0.199. The predicted octanol–water partition coefficient (Wildman–Crippen LogP) is 6.10. The average molecular weight is 516 g/mol. The lowest BCUT2D eigenvalue weighted by atomic mass is 9.96. The summed E-state index contributed by atoms with van der Waals surface area (Å²) in [5, 5.41) is 0. The van der Waals surface area contributed by atoms with E-state index in [1.54, 1.807) is 7.11 Å². The predicted molar refractivity (Wildman–Crippen MR) is 147 cm³/mol. The Morgan fingerprint density at radius 1 is 0.919 bits per heavy atom. The summed E-state index contributed by atoms with van der Waals surface area (Å²) in [6.45, 7) is 5.04. The van der Waals surface area contributed by atoms with E-state index in [4.69, 9.17) is 9.47 Å². The Morgan fingerprint density at radius 2 is 1.70 bits per heavy atom. The van der Waals surface area contributed by atoms with Crippen molar-refractivity contribution in [1.29, 1.82) is 0 Å². The number of amides is 1. The first-order valence-corrected chi connectivity index (χ1v) is 13.9. The van der Waals surface area contributed by atoms with Gasteiger partial charge in [0.15, 0.2) is 0 Å². The Morgan fingerprint density at radius 3 is 2.46 bits per heavy atom. The van der Waals surface area contributed by atoms with E-state index in [2.05, 4.69) is 39.5 Å². The van der Waals surface area contributed by atoms with Crippen molar-refractivity contribution in [2.75, 3.05) is 44.7 Å². The highest BCUT2D eigenvalue weighted by molar-refractivity contribution is 7.97. The van der Waals surface area contributed by atoms with E-state index in [1.807, 2.05) is 59.3 Å². The van der Waals surface area contributed by atoms with Gasteiger partial charge in [-0.1, -0.05) is 36.4 Å². The summed E-state index contributed by atoms with van der Waals surface area (Å²) < 4.78 is 13.4. The number of fused-ring (bicyclic) bond motifs is 5. The molecule has 6 nitrogen and oxygen atoms in total. The van der Waals surface area contributed by atoms with Crippen LogP contribution in [0.25, 0.3) is 0 Å². The van der Waals surface area contributed by atoms with Crippen LogP contribution in [-0.2, 0) is 11.3 Å². The lowest BCUT2D eigenvalue weighted by Gasteiger charge is -2.36. The van der Waals surface area contributed by atoms with Crippen LogP contribution in [0, 0.1) is 0 Å². The minimum Gasteiger partial charge on any atom is -0.497 e. The van der Waals surface area contributed by atoms with Crippen LogP contribution in [0.15, 0.2) is 77.7 Å². The van der Waals surface area contributed by atoms with Crippen molar-refractivity contribution in [3.05, 3.63) is 89.5 Å². The number of benzene rings is 3. The topological polar surface area (TPSA) is 45.2 Å². The average Bonchev–Trinajstić information content (AvgIpc) is 3.24. The van der Waals surface area contributed by atoms with E-state index >= 15 is 0 Å². The van der Waals surface area contributed by atoms with Crippen molar-refractivity contribution >= 4 is 23.7 Å². The lowest BCUT2D eigenvalue weighted by Crippen LogP contribution is -2.43. The largest absolute Gasteiger partial charge is 0.497 e. The molecule has 3 aliphatic rings. The minimum absolute atomic E-state index is 0.115. The van der Waals surface area contributed by atoms with Crippen LogP contribution in [0.1, 0.15) is 41.5 Å². The fraction of sp³-hybridized carbons (Fsp3) is 0.367. The quantitative estimate of drug-likeness (QED) is 0.370. The van der Waals surface area contributed by atoms with Crippen LogP contribution in [0.2, 0.25) is 0 Å². The Balaban J connectivity index is 1.09. The van der Waals surface area contributed by atoms with Crippen LogP contribution in [-0.4, -0.2) is 55.1 Å². The Bertz CT molecular complexity index is 1230. The number of rotatable bonds is 6. The number of carbonyl (C=O) groups is 1. The number of piperazine rings is 1. The third kappa shape index (κ3) is 5.15. The molecule has 6 rings (SSSR count). The van der Waals surface area contributed by atoms with Gasteiger partial charge in [0.25, 0.3) is 0 Å². The van der Waals surface area contributed by atoms with Gasteiger partial charge in [0.2, 0.25) is 0 Å². The molecule has 2 aliphatic heterocycles. The Labute approximate surface area is 223 Å². The van der Waals surface area contributed by atoms with Gasteiger partial charge in [0, 0.05) is 43.3 Å². The molecule has 2 fully saturated rings. The summed E-state index contributed by atoms with van der Waals surface area (Å²) in [4.78, 5) is 18.7. The number of methoxy groups -OCH3 is 1. The van der Waals surface area contributed by atoms with Gasteiger partial charge in [-0.3, -0.25) is 0 Å². The zero-order valence-electron chi connectivity index (χ0n) is 21.2. The van der Waals surface area contributed by atoms with E-state index in [1.165, 1.54) is 21.7 Å². The molecule has 1 aliphatic carbocycles. The molecule has 192 valence electrons. The normalized spacial score (nSPS) is 21.0. The second-order valence-corrected chi connectivity index (χ2v) is 11.1. The van der Waals surface area contributed by atoms with Crippen LogP contribution in [0.4, 0.5) is 10.5 Å². The summed E-state index contributed by atoms with van der Waals surface area (Å²) in [7, 11) is 1.70. The van der Waals surface area contributed by atoms with Gasteiger partial charge in [-0.2, -0.15) is 0 Å². The highest BCUT2D eigenvalue weighted by Crippen LogP contribution is 2.50. The molecule has 0 saturated carbocycles. The number of piperidine rings is 1. The maximum absolute atomic E-state index is 13.1. The van der Waals surface area contributed by atoms with Crippen LogP contribution >= 0.6 is 11.9 Å². The molecule has 0 aromatic heterocycles. The summed E-state index contributed by atoms with van der Waals surface area (Å²) in [6.07, 6.45) is 1.81. The highest BCUT2D eigenvalue weighted by Gasteiger charge is 2.41. The second kappa shape index (κ2) is 10.7. The first-order chi connectivity index (χ1) is 18.2. The smallest absolute Gasteiger partial charge is 0.410 e. The van der Waals surface area contributed by atoms with Crippen molar-refractivity contribution < 1.29 is 14.3 Å². The van der Waals surface area contributed by atoms with E-state index in [9.17, 15) is 4.79 Å². The van der Waals surface area contributed by atoms with Gasteiger partial charge in [-0.15, -0.1) is 0 Å². The van der Waals surface area contributed by atoms with Gasteiger partial charge in [0.05, 0.1) is 13.2 Å². The van der Waals surface area contributed by atoms with Crippen LogP contribution in [0.5, 0.6) is 5.75 Å². The number of hydrogen-bond donors (Lipinski definition) is 0. The molecule has 2 atom stereocenters. The van der Waals surface area contributed by atoms with Crippen LogP contribution in [0.3, 0.4) is 0 Å². The van der Waals surface area contributed by atoms with E-state index in [-0.39, 0.29) is 12.1 Å². The number of ether oxygens (including phenoxy) is 2. The lowest BCUT2D eigenvalue weighted by molar-refractivity contribution is 0.0694. The fourth-order valence-corrected chi connectivity index (χ4v) is 6.71. The van der Waals surface area contributed by atoms with E-state index < -0.39 is 0 Å². The van der Waals surface area contributed by atoms with Gasteiger partial charge >= 0.3 is 6.09 Å². The number of carbonyl (C=O) groups excluding carboxylic acids is 1. The highest BCUT2D eigenvalue weighted by atomic mass is 32.2. The molecule has 37 heavy (non-hydrogen) atoms. The van der Waals surface area contributed by atoms with E-state index in [0.29, 0.717) is 12.5 Å². The first kappa shape index (κ1) is 24.2. The van der Waals surface area contributed by atoms with E-state index in [0.717, 1.165) is 56.9 Å². The summed E-state index contributed by atoms with van der Waals surface area (Å²) in [5.41, 5.74) is 5.01. The zero-order chi connectivity index (χ0) is 25.2. The molecule has 2 unspecified atom stereocenters. The first-order valence-electron chi connectivity index (χ1n) is 13.1. The van der Waals surface area contributed by atoms with Gasteiger partial charge < -0.3 is 19.3 Å².